The second kappa shape index (κ2) is 5.09. The maximum atomic E-state index is 10.7. The van der Waals surface area contributed by atoms with Gasteiger partial charge in [-0.15, -0.1) is 4.28 Å². The Morgan fingerprint density at radius 1 is 1.55 bits per heavy atom. The van der Waals surface area contributed by atoms with E-state index in [1.807, 2.05) is 6.92 Å². The molecule has 5 nitrogen and oxygen atoms in total. The van der Waals surface area contributed by atoms with Crippen LogP contribution in [0.3, 0.4) is 0 Å². The lowest BCUT2D eigenvalue weighted by Crippen LogP contribution is -2.20. The monoisotopic (exact) mass is 181 g/mol. The Labute approximate surface area is 65.8 Å². The minimum absolute atomic E-state index is 0.0651. The zero-order valence-electron chi connectivity index (χ0n) is 6.24. The summed E-state index contributed by atoms with van der Waals surface area (Å²) in [7, 11) is -3.55. The van der Waals surface area contributed by atoms with Gasteiger partial charge in [0.15, 0.2) is 0 Å². The molecule has 1 amide bonds. The first-order valence-corrected chi connectivity index (χ1v) is 4.80. The quantitative estimate of drug-likeness (QED) is 0.454. The van der Waals surface area contributed by atoms with Crippen molar-refractivity contribution in [2.45, 2.75) is 19.8 Å². The SMILES string of the molecule is CCCCS(=O)(=O)ONC=O. The lowest BCUT2D eigenvalue weighted by molar-refractivity contribution is -0.115. The first-order chi connectivity index (χ1) is 5.12. The fourth-order valence-corrected chi connectivity index (χ4v) is 1.37. The summed E-state index contributed by atoms with van der Waals surface area (Å²) in [6, 6.07) is 0. The van der Waals surface area contributed by atoms with Gasteiger partial charge >= 0.3 is 0 Å². The van der Waals surface area contributed by atoms with Crippen LogP contribution in [0.25, 0.3) is 0 Å². The van der Waals surface area contributed by atoms with Gasteiger partial charge in [0.1, 0.15) is 0 Å². The Balaban J connectivity index is 3.71. The first kappa shape index (κ1) is 10.4. The molecule has 6 heteroatoms. The maximum Gasteiger partial charge on any atom is 0.287 e. The number of rotatable bonds is 6. The van der Waals surface area contributed by atoms with Crippen LogP contribution in [0.5, 0.6) is 0 Å². The molecule has 66 valence electrons. The summed E-state index contributed by atoms with van der Waals surface area (Å²) in [5.41, 5.74) is 1.63. The number of hydrogen-bond acceptors (Lipinski definition) is 4. The highest BCUT2D eigenvalue weighted by Gasteiger charge is 2.09. The summed E-state index contributed by atoms with van der Waals surface area (Å²) < 4.78 is 25.4. The predicted octanol–water partition coefficient (Wildman–Crippen LogP) is -0.206. The molecule has 0 fully saturated rings. The van der Waals surface area contributed by atoms with E-state index in [0.717, 1.165) is 6.42 Å². The highest BCUT2D eigenvalue weighted by molar-refractivity contribution is 7.86. The van der Waals surface area contributed by atoms with Gasteiger partial charge < -0.3 is 0 Å². The molecule has 11 heavy (non-hydrogen) atoms. The van der Waals surface area contributed by atoms with Gasteiger partial charge in [-0.1, -0.05) is 13.3 Å². The van der Waals surface area contributed by atoms with E-state index < -0.39 is 10.1 Å². The maximum absolute atomic E-state index is 10.7. The van der Waals surface area contributed by atoms with E-state index in [9.17, 15) is 13.2 Å². The van der Waals surface area contributed by atoms with E-state index in [1.165, 1.54) is 0 Å². The third-order valence-corrected chi connectivity index (χ3v) is 2.11. The molecule has 0 saturated carbocycles. The summed E-state index contributed by atoms with van der Waals surface area (Å²) in [5.74, 6) is -0.0651. The van der Waals surface area contributed by atoms with Crippen molar-refractivity contribution >= 4 is 16.5 Å². The minimum Gasteiger partial charge on any atom is -0.277 e. The highest BCUT2D eigenvalue weighted by Crippen LogP contribution is 1.95. The van der Waals surface area contributed by atoms with Crippen LogP contribution in [0.1, 0.15) is 19.8 Å². The van der Waals surface area contributed by atoms with Crippen LogP contribution in [0, 0.1) is 0 Å². The third kappa shape index (κ3) is 5.81. The fraction of sp³-hybridized carbons (Fsp3) is 0.800. The summed E-state index contributed by atoms with van der Waals surface area (Å²) in [6.07, 6.45) is 1.47. The van der Waals surface area contributed by atoms with Crippen LogP contribution < -0.4 is 5.48 Å². The molecule has 0 aliphatic heterocycles. The minimum atomic E-state index is -3.55. The van der Waals surface area contributed by atoms with Gasteiger partial charge in [-0.3, -0.25) is 4.79 Å². The standard InChI is InChI=1S/C5H11NO4S/c1-2-3-4-11(8,9)10-6-5-7/h5H,2-4H2,1H3,(H,6,7). The van der Waals surface area contributed by atoms with Crippen LogP contribution in [0.15, 0.2) is 0 Å². The van der Waals surface area contributed by atoms with Gasteiger partial charge in [-0.25, -0.2) is 5.48 Å². The largest absolute Gasteiger partial charge is 0.287 e. The van der Waals surface area contributed by atoms with Gasteiger partial charge in [0.05, 0.1) is 5.75 Å². The molecule has 0 radical (unpaired) electrons. The number of carbonyl (C=O) groups is 1. The molecule has 0 rings (SSSR count). The third-order valence-electron chi connectivity index (χ3n) is 0.971. The zero-order valence-corrected chi connectivity index (χ0v) is 7.06. The molecule has 0 aromatic carbocycles. The van der Waals surface area contributed by atoms with Crippen molar-refractivity contribution in [2.24, 2.45) is 0 Å². The topological polar surface area (TPSA) is 72.5 Å². The van der Waals surface area contributed by atoms with Crippen LogP contribution in [-0.4, -0.2) is 20.6 Å². The number of hydroxylamine groups is 1. The van der Waals surface area contributed by atoms with Crippen LogP contribution in [0.2, 0.25) is 0 Å². The van der Waals surface area contributed by atoms with Crippen molar-refractivity contribution in [3.8, 4) is 0 Å². The van der Waals surface area contributed by atoms with Gasteiger partial charge in [0.25, 0.3) is 10.1 Å². The summed E-state index contributed by atoms with van der Waals surface area (Å²) in [4.78, 5) is 9.62. The summed E-state index contributed by atoms with van der Waals surface area (Å²) in [6.45, 7) is 1.86. The average molecular weight is 181 g/mol. The van der Waals surface area contributed by atoms with E-state index in [2.05, 4.69) is 4.28 Å². The Bertz CT molecular complexity index is 199. The Hall–Kier alpha value is -0.620. The number of hydrogen-bond donors (Lipinski definition) is 1. The van der Waals surface area contributed by atoms with Crippen molar-refractivity contribution in [3.63, 3.8) is 0 Å². The molecular formula is C5H11NO4S. The number of nitrogens with one attached hydrogen (secondary N) is 1. The van der Waals surface area contributed by atoms with Crippen molar-refractivity contribution in [1.29, 1.82) is 0 Å². The van der Waals surface area contributed by atoms with Crippen molar-refractivity contribution in [1.82, 2.24) is 5.48 Å². The molecular weight excluding hydrogens is 170 g/mol. The Morgan fingerprint density at radius 3 is 2.64 bits per heavy atom. The van der Waals surface area contributed by atoms with Gasteiger partial charge in [-0.05, 0) is 6.42 Å². The highest BCUT2D eigenvalue weighted by atomic mass is 32.2. The molecule has 0 aromatic heterocycles. The predicted molar refractivity (Wildman–Crippen MR) is 39.0 cm³/mol. The van der Waals surface area contributed by atoms with E-state index in [-0.39, 0.29) is 12.2 Å². The fourth-order valence-electron chi connectivity index (χ4n) is 0.456. The number of amides is 1. The molecule has 0 bridgehead atoms. The van der Waals surface area contributed by atoms with Crippen molar-refractivity contribution in [3.05, 3.63) is 0 Å². The molecule has 1 N–H and O–H groups in total. The molecule has 0 spiro atoms. The molecule has 0 unspecified atom stereocenters. The molecule has 0 aliphatic rings. The lowest BCUT2D eigenvalue weighted by Gasteiger charge is -2.00. The molecule has 0 heterocycles. The molecule has 0 saturated heterocycles. The second-order valence-corrected chi connectivity index (χ2v) is 3.62. The average Bonchev–Trinajstić information content (AvgIpc) is 1.97. The Kier molecular flexibility index (Phi) is 4.80. The first-order valence-electron chi connectivity index (χ1n) is 3.22. The van der Waals surface area contributed by atoms with Crippen LogP contribution in [-0.2, 0) is 19.2 Å². The lowest BCUT2D eigenvalue weighted by atomic mass is 10.4. The van der Waals surface area contributed by atoms with Gasteiger partial charge in [0, 0.05) is 0 Å². The number of unbranched alkanes of at least 4 members (excludes halogenated alkanes) is 1. The van der Waals surface area contributed by atoms with Crippen molar-refractivity contribution in [2.75, 3.05) is 5.75 Å². The Morgan fingerprint density at radius 2 is 2.18 bits per heavy atom. The second-order valence-electron chi connectivity index (χ2n) is 1.93. The van der Waals surface area contributed by atoms with E-state index in [1.54, 1.807) is 5.48 Å². The van der Waals surface area contributed by atoms with E-state index in [0.29, 0.717) is 6.42 Å². The molecule has 0 aromatic rings. The molecule has 0 atom stereocenters. The summed E-state index contributed by atoms with van der Waals surface area (Å²) in [5, 5.41) is 0. The summed E-state index contributed by atoms with van der Waals surface area (Å²) >= 11 is 0. The zero-order chi connectivity index (χ0) is 8.74. The molecule has 0 aliphatic carbocycles. The smallest absolute Gasteiger partial charge is 0.277 e. The van der Waals surface area contributed by atoms with Crippen molar-refractivity contribution < 1.29 is 17.5 Å². The van der Waals surface area contributed by atoms with E-state index in [4.69, 9.17) is 0 Å². The number of carbonyl (C=O) groups excluding carboxylic acids is 1. The van der Waals surface area contributed by atoms with Gasteiger partial charge in [0.2, 0.25) is 6.41 Å². The van der Waals surface area contributed by atoms with E-state index >= 15 is 0 Å². The van der Waals surface area contributed by atoms with Crippen LogP contribution >= 0.6 is 0 Å². The van der Waals surface area contributed by atoms with Crippen LogP contribution in [0.4, 0.5) is 0 Å². The van der Waals surface area contributed by atoms with Gasteiger partial charge in [-0.2, -0.15) is 8.42 Å². The normalized spacial score (nSPS) is 11.0.